The van der Waals surface area contributed by atoms with E-state index in [1.54, 1.807) is 19.1 Å². The normalized spacial score (nSPS) is 12.4. The summed E-state index contributed by atoms with van der Waals surface area (Å²) in [5, 5.41) is 3.29. The highest BCUT2D eigenvalue weighted by molar-refractivity contribution is 7.91. The van der Waals surface area contributed by atoms with Gasteiger partial charge in [-0.3, -0.25) is 0 Å². The van der Waals surface area contributed by atoms with Crippen LogP contribution in [0.4, 0.5) is 5.69 Å². The molecule has 0 bridgehead atoms. The minimum Gasteiger partial charge on any atom is -0.383 e. The Labute approximate surface area is 122 Å². The van der Waals surface area contributed by atoms with E-state index in [-0.39, 0.29) is 11.2 Å². The molecule has 0 aliphatic heterocycles. The standard InChI is InChI=1S/C15H26N2O2S/c1-4-15(5-2,11-16)12-17-13-9-7-8-10-14(13)20(18,19)6-3/h7-10,17H,4-6,11-12,16H2,1-3H3. The lowest BCUT2D eigenvalue weighted by Gasteiger charge is -2.31. The summed E-state index contributed by atoms with van der Waals surface area (Å²) < 4.78 is 24.2. The van der Waals surface area contributed by atoms with E-state index in [9.17, 15) is 8.42 Å². The van der Waals surface area contributed by atoms with Gasteiger partial charge in [-0.2, -0.15) is 0 Å². The number of rotatable bonds is 8. The molecule has 20 heavy (non-hydrogen) atoms. The zero-order chi connectivity index (χ0) is 15.2. The van der Waals surface area contributed by atoms with Gasteiger partial charge >= 0.3 is 0 Å². The lowest BCUT2D eigenvalue weighted by atomic mass is 9.82. The highest BCUT2D eigenvalue weighted by Crippen LogP contribution is 2.28. The highest BCUT2D eigenvalue weighted by atomic mass is 32.2. The predicted molar refractivity (Wildman–Crippen MR) is 84.7 cm³/mol. The van der Waals surface area contributed by atoms with Gasteiger partial charge in [-0.1, -0.05) is 32.9 Å². The Bertz CT molecular complexity index is 514. The SMILES string of the molecule is CCC(CC)(CN)CNc1ccccc1S(=O)(=O)CC. The molecule has 0 saturated heterocycles. The summed E-state index contributed by atoms with van der Waals surface area (Å²) in [5.41, 5.74) is 6.58. The van der Waals surface area contributed by atoms with Crippen molar-refractivity contribution in [2.45, 2.75) is 38.5 Å². The van der Waals surface area contributed by atoms with Gasteiger partial charge in [0, 0.05) is 6.54 Å². The van der Waals surface area contributed by atoms with Gasteiger partial charge in [0.05, 0.1) is 16.3 Å². The van der Waals surface area contributed by atoms with Crippen LogP contribution < -0.4 is 11.1 Å². The maximum Gasteiger partial charge on any atom is 0.180 e. The molecule has 0 aromatic heterocycles. The molecule has 0 atom stereocenters. The van der Waals surface area contributed by atoms with Crippen LogP contribution in [0.3, 0.4) is 0 Å². The molecule has 0 aliphatic carbocycles. The summed E-state index contributed by atoms with van der Waals surface area (Å²) in [6, 6.07) is 7.07. The summed E-state index contributed by atoms with van der Waals surface area (Å²) in [4.78, 5) is 0.376. The average Bonchev–Trinajstić information content (AvgIpc) is 2.49. The van der Waals surface area contributed by atoms with E-state index in [0.717, 1.165) is 12.8 Å². The van der Waals surface area contributed by atoms with Crippen LogP contribution in [0.5, 0.6) is 0 Å². The molecule has 0 fully saturated rings. The van der Waals surface area contributed by atoms with Crippen LogP contribution in [0, 0.1) is 5.41 Å². The van der Waals surface area contributed by atoms with Crippen molar-refractivity contribution in [2.24, 2.45) is 11.1 Å². The number of nitrogens with two attached hydrogens (primary N) is 1. The number of benzene rings is 1. The average molecular weight is 298 g/mol. The molecule has 3 N–H and O–H groups in total. The molecule has 114 valence electrons. The van der Waals surface area contributed by atoms with Crippen LogP contribution in [0.15, 0.2) is 29.2 Å². The van der Waals surface area contributed by atoms with Crippen molar-refractivity contribution in [3.63, 3.8) is 0 Å². The minimum absolute atomic E-state index is 0.0170. The Morgan fingerprint density at radius 3 is 2.25 bits per heavy atom. The van der Waals surface area contributed by atoms with Crippen molar-refractivity contribution in [3.8, 4) is 0 Å². The molecule has 5 heteroatoms. The van der Waals surface area contributed by atoms with E-state index < -0.39 is 9.84 Å². The van der Waals surface area contributed by atoms with Crippen molar-refractivity contribution in [3.05, 3.63) is 24.3 Å². The monoisotopic (exact) mass is 298 g/mol. The first-order valence-corrected chi connectivity index (χ1v) is 8.85. The first-order chi connectivity index (χ1) is 9.44. The highest BCUT2D eigenvalue weighted by Gasteiger charge is 2.25. The number of anilines is 1. The van der Waals surface area contributed by atoms with Crippen molar-refractivity contribution in [2.75, 3.05) is 24.2 Å². The Morgan fingerprint density at radius 2 is 1.75 bits per heavy atom. The van der Waals surface area contributed by atoms with Gasteiger partial charge in [-0.05, 0) is 36.9 Å². The number of sulfone groups is 1. The molecule has 0 radical (unpaired) electrons. The fourth-order valence-corrected chi connectivity index (χ4v) is 3.26. The second-order valence-electron chi connectivity index (χ2n) is 5.16. The predicted octanol–water partition coefficient (Wildman–Crippen LogP) is 2.66. The van der Waals surface area contributed by atoms with Crippen LogP contribution in [0.2, 0.25) is 0 Å². The second kappa shape index (κ2) is 7.09. The van der Waals surface area contributed by atoms with E-state index in [1.807, 2.05) is 12.1 Å². The van der Waals surface area contributed by atoms with Crippen molar-refractivity contribution in [1.29, 1.82) is 0 Å². The summed E-state index contributed by atoms with van der Waals surface area (Å²) in [6.07, 6.45) is 1.94. The maximum absolute atomic E-state index is 12.1. The third kappa shape index (κ3) is 3.73. The van der Waals surface area contributed by atoms with Crippen molar-refractivity contribution < 1.29 is 8.42 Å². The molecule has 4 nitrogen and oxygen atoms in total. The number of hydrogen-bond donors (Lipinski definition) is 2. The van der Waals surface area contributed by atoms with Gasteiger partial charge in [0.15, 0.2) is 9.84 Å². The van der Waals surface area contributed by atoms with Crippen molar-refractivity contribution in [1.82, 2.24) is 0 Å². The van der Waals surface area contributed by atoms with Crippen LogP contribution in [-0.2, 0) is 9.84 Å². The van der Waals surface area contributed by atoms with Gasteiger partial charge < -0.3 is 11.1 Å². The third-order valence-electron chi connectivity index (χ3n) is 4.19. The number of hydrogen-bond acceptors (Lipinski definition) is 4. The van der Waals surface area contributed by atoms with Gasteiger partial charge in [0.2, 0.25) is 0 Å². The zero-order valence-corrected chi connectivity index (χ0v) is 13.5. The van der Waals surface area contributed by atoms with Gasteiger partial charge in [-0.25, -0.2) is 8.42 Å². The molecule has 1 aromatic rings. The summed E-state index contributed by atoms with van der Waals surface area (Å²) in [7, 11) is -3.21. The first-order valence-electron chi connectivity index (χ1n) is 7.20. The van der Waals surface area contributed by atoms with Gasteiger partial charge in [0.1, 0.15) is 0 Å². The molecular formula is C15H26N2O2S. The summed E-state index contributed by atoms with van der Waals surface area (Å²) in [6.45, 7) is 7.18. The van der Waals surface area contributed by atoms with Crippen LogP contribution in [0.1, 0.15) is 33.6 Å². The lowest BCUT2D eigenvalue weighted by molar-refractivity contribution is 0.294. The zero-order valence-electron chi connectivity index (χ0n) is 12.6. The van der Waals surface area contributed by atoms with E-state index in [2.05, 4.69) is 19.2 Å². The maximum atomic E-state index is 12.1. The Kier molecular flexibility index (Phi) is 6.02. The molecule has 0 amide bonds. The molecule has 1 rings (SSSR count). The summed E-state index contributed by atoms with van der Waals surface area (Å²) in [5.74, 6) is 0.106. The largest absolute Gasteiger partial charge is 0.383 e. The number of nitrogens with one attached hydrogen (secondary N) is 1. The fourth-order valence-electron chi connectivity index (χ4n) is 2.18. The van der Waals surface area contributed by atoms with Crippen LogP contribution in [-0.4, -0.2) is 27.3 Å². The molecule has 1 aromatic carbocycles. The molecule has 0 aliphatic rings. The van der Waals surface area contributed by atoms with E-state index in [1.165, 1.54) is 0 Å². The van der Waals surface area contributed by atoms with Gasteiger partial charge in [-0.15, -0.1) is 0 Å². The lowest BCUT2D eigenvalue weighted by Crippen LogP contribution is -2.36. The Balaban J connectivity index is 3.00. The van der Waals surface area contributed by atoms with Crippen LogP contribution in [0.25, 0.3) is 0 Å². The molecule has 0 spiro atoms. The number of para-hydroxylation sites is 1. The summed E-state index contributed by atoms with van der Waals surface area (Å²) >= 11 is 0. The van der Waals surface area contributed by atoms with Crippen LogP contribution >= 0.6 is 0 Å². The quantitative estimate of drug-likeness (QED) is 0.774. The Hall–Kier alpha value is -1.07. The molecular weight excluding hydrogens is 272 g/mol. The topological polar surface area (TPSA) is 72.2 Å². The van der Waals surface area contributed by atoms with E-state index >= 15 is 0 Å². The molecule has 0 heterocycles. The van der Waals surface area contributed by atoms with E-state index in [4.69, 9.17) is 5.73 Å². The van der Waals surface area contributed by atoms with Crippen molar-refractivity contribution >= 4 is 15.5 Å². The Morgan fingerprint density at radius 1 is 1.15 bits per heavy atom. The third-order valence-corrected chi connectivity index (χ3v) is 5.98. The minimum atomic E-state index is -3.21. The van der Waals surface area contributed by atoms with Gasteiger partial charge in [0.25, 0.3) is 0 Å². The smallest absolute Gasteiger partial charge is 0.180 e. The molecule has 0 saturated carbocycles. The molecule has 0 unspecified atom stereocenters. The fraction of sp³-hybridized carbons (Fsp3) is 0.600. The first kappa shape index (κ1) is 17.0. The van der Waals surface area contributed by atoms with E-state index in [0.29, 0.717) is 23.7 Å². The second-order valence-corrected chi connectivity index (χ2v) is 7.41.